The fraction of sp³-hybridized carbons (Fsp3) is 0.176. The molecule has 118 valence electrons. The highest BCUT2D eigenvalue weighted by Crippen LogP contribution is 2.37. The summed E-state index contributed by atoms with van der Waals surface area (Å²) in [6.45, 7) is 0. The number of carboxylic acids is 1. The van der Waals surface area contributed by atoms with Crippen LogP contribution in [0.15, 0.2) is 48.5 Å². The zero-order valence-electron chi connectivity index (χ0n) is 12.6. The second-order valence-corrected chi connectivity index (χ2v) is 5.47. The maximum atomic E-state index is 12.6. The first-order valence-corrected chi connectivity index (χ1v) is 7.22. The van der Waals surface area contributed by atoms with Gasteiger partial charge in [0.05, 0.1) is 18.2 Å². The molecule has 0 bridgehead atoms. The van der Waals surface area contributed by atoms with Crippen molar-refractivity contribution in [3.8, 4) is 0 Å². The van der Waals surface area contributed by atoms with Gasteiger partial charge in [0.15, 0.2) is 0 Å². The largest absolute Gasteiger partial charge is 0.481 e. The number of nitrogens with two attached hydrogens (primary N) is 1. The SMILES string of the molecule is CN1C(=O)c2ccccc2C(CC(=O)O)N1c1cccc(N)c1. The van der Waals surface area contributed by atoms with Gasteiger partial charge < -0.3 is 10.8 Å². The van der Waals surface area contributed by atoms with Crippen LogP contribution in [0.2, 0.25) is 0 Å². The lowest BCUT2D eigenvalue weighted by atomic mass is 9.94. The summed E-state index contributed by atoms with van der Waals surface area (Å²) in [5.74, 6) is -1.11. The van der Waals surface area contributed by atoms with Gasteiger partial charge in [-0.3, -0.25) is 19.6 Å². The molecule has 6 nitrogen and oxygen atoms in total. The van der Waals surface area contributed by atoms with Crippen LogP contribution in [0.3, 0.4) is 0 Å². The molecule has 0 radical (unpaired) electrons. The van der Waals surface area contributed by atoms with Gasteiger partial charge in [0.25, 0.3) is 5.91 Å². The molecule has 0 aliphatic carbocycles. The minimum absolute atomic E-state index is 0.122. The van der Waals surface area contributed by atoms with Crippen molar-refractivity contribution in [3.05, 3.63) is 59.7 Å². The lowest BCUT2D eigenvalue weighted by molar-refractivity contribution is -0.137. The highest BCUT2D eigenvalue weighted by Gasteiger charge is 2.37. The number of nitrogens with zero attached hydrogens (tertiary/aromatic N) is 2. The molecular weight excluding hydrogens is 294 g/mol. The molecule has 0 aromatic heterocycles. The molecule has 2 aromatic rings. The van der Waals surface area contributed by atoms with E-state index in [0.717, 1.165) is 0 Å². The fourth-order valence-corrected chi connectivity index (χ4v) is 2.98. The maximum absolute atomic E-state index is 12.6. The number of benzene rings is 2. The Balaban J connectivity index is 2.16. The van der Waals surface area contributed by atoms with Crippen LogP contribution < -0.4 is 10.7 Å². The minimum atomic E-state index is -0.929. The Morgan fingerprint density at radius 2 is 1.96 bits per heavy atom. The number of rotatable bonds is 3. The van der Waals surface area contributed by atoms with Crippen LogP contribution in [0.4, 0.5) is 11.4 Å². The number of hydrogen-bond acceptors (Lipinski definition) is 4. The highest BCUT2D eigenvalue weighted by molar-refractivity contribution is 5.98. The van der Waals surface area contributed by atoms with Crippen molar-refractivity contribution in [1.29, 1.82) is 0 Å². The second kappa shape index (κ2) is 5.64. The van der Waals surface area contributed by atoms with E-state index in [9.17, 15) is 14.7 Å². The van der Waals surface area contributed by atoms with Gasteiger partial charge in [0.2, 0.25) is 0 Å². The van der Waals surface area contributed by atoms with Crippen molar-refractivity contribution in [3.63, 3.8) is 0 Å². The summed E-state index contributed by atoms with van der Waals surface area (Å²) in [6.07, 6.45) is -0.122. The van der Waals surface area contributed by atoms with Gasteiger partial charge in [-0.15, -0.1) is 0 Å². The van der Waals surface area contributed by atoms with E-state index in [4.69, 9.17) is 5.73 Å². The standard InChI is InChI=1S/C17H17N3O3/c1-19-17(23)14-8-3-2-7-13(14)15(10-16(21)22)20(19)12-6-4-5-11(18)9-12/h2-9,15H,10,18H2,1H3,(H,21,22). The number of aliphatic carboxylic acids is 1. The molecule has 1 unspecified atom stereocenters. The molecule has 1 atom stereocenters. The predicted molar refractivity (Wildman–Crippen MR) is 86.9 cm³/mol. The summed E-state index contributed by atoms with van der Waals surface area (Å²) in [6, 6.07) is 13.7. The molecular formula is C17H17N3O3. The molecule has 1 aliphatic heterocycles. The van der Waals surface area contributed by atoms with Crippen molar-refractivity contribution in [2.24, 2.45) is 0 Å². The maximum Gasteiger partial charge on any atom is 0.305 e. The Bertz CT molecular complexity index is 775. The normalized spacial score (nSPS) is 17.1. The van der Waals surface area contributed by atoms with E-state index in [1.54, 1.807) is 48.5 Å². The number of carbonyl (C=O) groups is 2. The third-order valence-corrected chi connectivity index (χ3v) is 3.97. The van der Waals surface area contributed by atoms with Gasteiger partial charge in [-0.05, 0) is 29.8 Å². The van der Waals surface area contributed by atoms with Gasteiger partial charge in [-0.2, -0.15) is 0 Å². The van der Waals surface area contributed by atoms with Gasteiger partial charge >= 0.3 is 5.97 Å². The first kappa shape index (κ1) is 14.9. The lowest BCUT2D eigenvalue weighted by Gasteiger charge is -2.44. The zero-order chi connectivity index (χ0) is 16.6. The van der Waals surface area contributed by atoms with Crippen LogP contribution in [-0.2, 0) is 4.79 Å². The highest BCUT2D eigenvalue weighted by atomic mass is 16.4. The van der Waals surface area contributed by atoms with Crippen LogP contribution in [0.5, 0.6) is 0 Å². The molecule has 1 amide bonds. The molecule has 1 heterocycles. The summed E-state index contributed by atoms with van der Waals surface area (Å²) in [5.41, 5.74) is 8.31. The second-order valence-electron chi connectivity index (χ2n) is 5.47. The van der Waals surface area contributed by atoms with E-state index < -0.39 is 12.0 Å². The predicted octanol–water partition coefficient (Wildman–Crippen LogP) is 2.29. The Kier molecular flexibility index (Phi) is 3.65. The monoisotopic (exact) mass is 311 g/mol. The van der Waals surface area contributed by atoms with Gasteiger partial charge in [0.1, 0.15) is 0 Å². The first-order valence-electron chi connectivity index (χ1n) is 7.22. The smallest absolute Gasteiger partial charge is 0.305 e. The summed E-state index contributed by atoms with van der Waals surface area (Å²) in [4.78, 5) is 24.0. The quantitative estimate of drug-likeness (QED) is 0.849. The molecule has 3 N–H and O–H groups in total. The van der Waals surface area contributed by atoms with Crippen molar-refractivity contribution < 1.29 is 14.7 Å². The number of hydrazine groups is 1. The van der Waals surface area contributed by atoms with Crippen LogP contribution in [0, 0.1) is 0 Å². The topological polar surface area (TPSA) is 86.9 Å². The molecule has 1 aliphatic rings. The average Bonchev–Trinajstić information content (AvgIpc) is 2.52. The molecule has 0 saturated carbocycles. The number of anilines is 2. The summed E-state index contributed by atoms with van der Waals surface area (Å²) < 4.78 is 0. The molecule has 23 heavy (non-hydrogen) atoms. The van der Waals surface area contributed by atoms with E-state index >= 15 is 0 Å². The van der Waals surface area contributed by atoms with E-state index in [2.05, 4.69) is 0 Å². The molecule has 2 aromatic carbocycles. The summed E-state index contributed by atoms with van der Waals surface area (Å²) >= 11 is 0. The van der Waals surface area contributed by atoms with Crippen LogP contribution >= 0.6 is 0 Å². The minimum Gasteiger partial charge on any atom is -0.481 e. The third kappa shape index (κ3) is 2.59. The van der Waals surface area contributed by atoms with Crippen molar-refractivity contribution in [2.45, 2.75) is 12.5 Å². The Morgan fingerprint density at radius 3 is 2.65 bits per heavy atom. The van der Waals surface area contributed by atoms with Crippen LogP contribution in [0.25, 0.3) is 0 Å². The number of carboxylic acid groups (broad SMARTS) is 1. The van der Waals surface area contributed by atoms with Gasteiger partial charge in [-0.1, -0.05) is 24.3 Å². The average molecular weight is 311 g/mol. The number of nitrogen functional groups attached to an aromatic ring is 1. The number of fused-ring (bicyclic) bond motifs is 1. The number of carbonyl (C=O) groups excluding carboxylic acids is 1. The molecule has 6 heteroatoms. The number of amides is 1. The lowest BCUT2D eigenvalue weighted by Crippen LogP contribution is -2.51. The first-order chi connectivity index (χ1) is 11.0. The van der Waals surface area contributed by atoms with Gasteiger partial charge in [0, 0.05) is 18.3 Å². The van der Waals surface area contributed by atoms with E-state index in [-0.39, 0.29) is 12.3 Å². The van der Waals surface area contributed by atoms with Crippen LogP contribution in [0.1, 0.15) is 28.4 Å². The molecule has 3 rings (SSSR count). The van der Waals surface area contributed by atoms with E-state index in [1.807, 2.05) is 12.1 Å². The molecule has 0 saturated heterocycles. The fourth-order valence-electron chi connectivity index (χ4n) is 2.98. The zero-order valence-corrected chi connectivity index (χ0v) is 12.6. The van der Waals surface area contributed by atoms with Crippen LogP contribution in [-0.4, -0.2) is 29.0 Å². The van der Waals surface area contributed by atoms with E-state index in [1.165, 1.54) is 5.01 Å². The molecule has 0 fully saturated rings. The number of hydrogen-bond donors (Lipinski definition) is 2. The van der Waals surface area contributed by atoms with E-state index in [0.29, 0.717) is 22.5 Å². The summed E-state index contributed by atoms with van der Waals surface area (Å²) in [5, 5.41) is 12.4. The van der Waals surface area contributed by atoms with Crippen molar-refractivity contribution in [2.75, 3.05) is 17.8 Å². The molecule has 0 spiro atoms. The summed E-state index contributed by atoms with van der Waals surface area (Å²) in [7, 11) is 1.64. The van der Waals surface area contributed by atoms with Crippen molar-refractivity contribution in [1.82, 2.24) is 5.01 Å². The third-order valence-electron chi connectivity index (χ3n) is 3.97. The van der Waals surface area contributed by atoms with Crippen molar-refractivity contribution >= 4 is 23.3 Å². The van der Waals surface area contributed by atoms with Gasteiger partial charge in [-0.25, -0.2) is 0 Å². The Hall–Kier alpha value is -3.02. The Labute approximate surface area is 133 Å². The Morgan fingerprint density at radius 1 is 1.22 bits per heavy atom.